The lowest BCUT2D eigenvalue weighted by Crippen LogP contribution is -2.42. The van der Waals surface area contributed by atoms with Crippen LogP contribution in [0.1, 0.15) is 72.6 Å². The summed E-state index contributed by atoms with van der Waals surface area (Å²) in [6.07, 6.45) is 8.74. The number of amides is 1. The first kappa shape index (κ1) is 28.4. The number of nitrogens with one attached hydrogen (secondary N) is 3. The zero-order chi connectivity index (χ0) is 28.3. The predicted octanol–water partition coefficient (Wildman–Crippen LogP) is 4.45. The first-order valence-corrected chi connectivity index (χ1v) is 14.4. The molecule has 1 aliphatic carbocycles. The van der Waals surface area contributed by atoms with Crippen LogP contribution in [0.5, 0.6) is 5.75 Å². The molecule has 0 unspecified atom stereocenters. The van der Waals surface area contributed by atoms with Crippen molar-refractivity contribution < 1.29 is 14.6 Å². The quantitative estimate of drug-likeness (QED) is 0.286. The fraction of sp³-hybridized carbons (Fsp3) is 0.500. The highest BCUT2D eigenvalue weighted by molar-refractivity contribution is 6.33. The minimum Gasteiger partial charge on any atom is -0.487 e. The summed E-state index contributed by atoms with van der Waals surface area (Å²) in [6.45, 7) is 8.74. The van der Waals surface area contributed by atoms with Crippen LogP contribution in [0.3, 0.4) is 0 Å². The highest BCUT2D eigenvalue weighted by Crippen LogP contribution is 2.35. The number of halogens is 1. The van der Waals surface area contributed by atoms with Crippen molar-refractivity contribution in [2.24, 2.45) is 0 Å². The third-order valence-electron chi connectivity index (χ3n) is 7.68. The van der Waals surface area contributed by atoms with Gasteiger partial charge in [-0.1, -0.05) is 38.4 Å². The van der Waals surface area contributed by atoms with Gasteiger partial charge in [0.1, 0.15) is 18.2 Å². The number of aromatic nitrogens is 3. The molecule has 1 aliphatic heterocycles. The van der Waals surface area contributed by atoms with Gasteiger partial charge in [0.2, 0.25) is 0 Å². The lowest BCUT2D eigenvalue weighted by Gasteiger charge is -2.32. The smallest absolute Gasteiger partial charge is 0.251 e. The highest BCUT2D eigenvalue weighted by atomic mass is 35.5. The van der Waals surface area contributed by atoms with E-state index in [1.807, 2.05) is 12.1 Å². The molecule has 0 radical (unpaired) electrons. The number of aromatic amines is 1. The van der Waals surface area contributed by atoms with E-state index in [1.54, 1.807) is 24.7 Å². The Balaban J connectivity index is 1.16. The number of benzene rings is 1. The molecule has 1 atom stereocenters. The number of pyridine rings is 1. The summed E-state index contributed by atoms with van der Waals surface area (Å²) < 4.78 is 5.90. The lowest BCUT2D eigenvalue weighted by molar-refractivity contribution is 0.0840. The third-order valence-corrected chi connectivity index (χ3v) is 8.10. The second-order valence-electron chi connectivity index (χ2n) is 11.9. The summed E-state index contributed by atoms with van der Waals surface area (Å²) in [7, 11) is 0. The molecule has 10 heteroatoms. The Bertz CT molecular complexity index is 1320. The van der Waals surface area contributed by atoms with Gasteiger partial charge in [0.25, 0.3) is 5.91 Å². The van der Waals surface area contributed by atoms with Crippen molar-refractivity contribution >= 4 is 23.3 Å². The topological polar surface area (TPSA) is 115 Å². The maximum absolute atomic E-state index is 13.3. The van der Waals surface area contributed by atoms with E-state index in [0.717, 1.165) is 53.9 Å². The fourth-order valence-electron chi connectivity index (χ4n) is 5.37. The van der Waals surface area contributed by atoms with E-state index in [1.165, 1.54) is 6.42 Å². The summed E-state index contributed by atoms with van der Waals surface area (Å²) in [5, 5.41) is 24.7. The molecule has 1 fully saturated rings. The van der Waals surface area contributed by atoms with Crippen LogP contribution in [0.4, 0.5) is 5.82 Å². The summed E-state index contributed by atoms with van der Waals surface area (Å²) >= 11 is 6.69. The number of nitrogens with zero attached hydrogens (tertiary/aromatic N) is 3. The summed E-state index contributed by atoms with van der Waals surface area (Å²) in [6, 6.07) is 6.13. The van der Waals surface area contributed by atoms with Crippen molar-refractivity contribution in [1.82, 2.24) is 25.4 Å². The summed E-state index contributed by atoms with van der Waals surface area (Å²) in [5.41, 5.74) is 4.41. The van der Waals surface area contributed by atoms with Crippen LogP contribution in [0.2, 0.25) is 5.02 Å². The Kier molecular flexibility index (Phi) is 8.63. The van der Waals surface area contributed by atoms with E-state index in [2.05, 4.69) is 51.5 Å². The molecule has 5 rings (SSSR count). The Morgan fingerprint density at radius 3 is 2.83 bits per heavy atom. The van der Waals surface area contributed by atoms with Gasteiger partial charge in [0, 0.05) is 61.3 Å². The van der Waals surface area contributed by atoms with Gasteiger partial charge < -0.3 is 20.5 Å². The number of fused-ring (bicyclic) bond motifs is 1. The number of rotatable bonds is 10. The second-order valence-corrected chi connectivity index (χ2v) is 12.2. The normalized spacial score (nSPS) is 16.6. The Hall–Kier alpha value is -3.14. The number of β-amino-alcohol motifs (C(OH)–C–C–N with tert-alkyl or cyclic N) is 1. The molecule has 1 saturated carbocycles. The van der Waals surface area contributed by atoms with Crippen molar-refractivity contribution in [3.8, 4) is 5.75 Å². The van der Waals surface area contributed by atoms with Crippen molar-refractivity contribution in [2.75, 3.05) is 25.0 Å². The standard InChI is InChI=1S/C30H39ClN6O3/c1-30(2,3)26-24(9-11-32-28(26)36-21-5-4-6-21)29(39)33-15-22(38)17-37-12-10-23-20(16-37)7-8-25(27(23)31)40-18-19-13-34-35-14-19/h7-9,11,13-14,21-22,38H,4-6,10,12,15-18H2,1-3H3,(H,32,36)(H,33,39)(H,34,35)/t22-/m0/s1. The number of aliphatic hydroxyl groups excluding tert-OH is 1. The van der Waals surface area contributed by atoms with E-state index in [0.29, 0.717) is 42.1 Å². The van der Waals surface area contributed by atoms with Crippen molar-refractivity contribution in [2.45, 2.75) is 77.2 Å². The SMILES string of the molecule is CC(C)(C)c1c(C(=O)NC[C@H](O)CN2CCc3c(ccc(OCc4cn[nH]c4)c3Cl)C2)ccnc1NC1CCC1. The number of hydrogen-bond acceptors (Lipinski definition) is 7. The van der Waals surface area contributed by atoms with Gasteiger partial charge in [-0.25, -0.2) is 4.98 Å². The molecule has 3 heterocycles. The van der Waals surface area contributed by atoms with E-state index >= 15 is 0 Å². The fourth-order valence-corrected chi connectivity index (χ4v) is 5.70. The molecule has 2 aliphatic rings. The van der Waals surface area contributed by atoms with Gasteiger partial charge in [0.05, 0.1) is 17.3 Å². The molecule has 0 bridgehead atoms. The van der Waals surface area contributed by atoms with E-state index in [-0.39, 0.29) is 17.9 Å². The molecular weight excluding hydrogens is 528 g/mol. The van der Waals surface area contributed by atoms with Crippen LogP contribution >= 0.6 is 11.6 Å². The number of hydrogen-bond donors (Lipinski definition) is 4. The molecule has 3 aromatic rings. The molecule has 214 valence electrons. The summed E-state index contributed by atoms with van der Waals surface area (Å²) in [4.78, 5) is 20.0. The highest BCUT2D eigenvalue weighted by Gasteiger charge is 2.29. The predicted molar refractivity (Wildman–Crippen MR) is 156 cm³/mol. The maximum atomic E-state index is 13.3. The van der Waals surface area contributed by atoms with Crippen LogP contribution < -0.4 is 15.4 Å². The number of anilines is 1. The molecule has 2 aromatic heterocycles. The van der Waals surface area contributed by atoms with Crippen molar-refractivity contribution in [3.63, 3.8) is 0 Å². The monoisotopic (exact) mass is 566 g/mol. The Morgan fingerprint density at radius 2 is 2.12 bits per heavy atom. The zero-order valence-corrected chi connectivity index (χ0v) is 24.2. The van der Waals surface area contributed by atoms with Gasteiger partial charge in [-0.3, -0.25) is 14.8 Å². The van der Waals surface area contributed by atoms with Crippen LogP contribution in [0, 0.1) is 0 Å². The Morgan fingerprint density at radius 1 is 1.30 bits per heavy atom. The zero-order valence-electron chi connectivity index (χ0n) is 23.5. The minimum atomic E-state index is -0.703. The second kappa shape index (κ2) is 12.2. The van der Waals surface area contributed by atoms with Crippen LogP contribution in [-0.4, -0.2) is 62.9 Å². The summed E-state index contributed by atoms with van der Waals surface area (Å²) in [5.74, 6) is 1.25. The first-order valence-electron chi connectivity index (χ1n) is 14.0. The molecule has 40 heavy (non-hydrogen) atoms. The molecule has 0 saturated heterocycles. The van der Waals surface area contributed by atoms with E-state index in [9.17, 15) is 9.90 Å². The van der Waals surface area contributed by atoms with E-state index in [4.69, 9.17) is 16.3 Å². The number of aliphatic hydroxyl groups is 1. The van der Waals surface area contributed by atoms with Crippen molar-refractivity contribution in [1.29, 1.82) is 0 Å². The van der Waals surface area contributed by atoms with Gasteiger partial charge >= 0.3 is 0 Å². The molecule has 1 aromatic carbocycles. The molecule has 0 spiro atoms. The van der Waals surface area contributed by atoms with Crippen LogP contribution in [0.25, 0.3) is 0 Å². The number of H-pyrrole nitrogens is 1. The molecule has 4 N–H and O–H groups in total. The lowest BCUT2D eigenvalue weighted by atomic mass is 9.83. The molecular formula is C30H39ClN6O3. The van der Waals surface area contributed by atoms with Gasteiger partial charge in [0.15, 0.2) is 0 Å². The first-order chi connectivity index (χ1) is 19.2. The van der Waals surface area contributed by atoms with Gasteiger partial charge in [-0.15, -0.1) is 0 Å². The maximum Gasteiger partial charge on any atom is 0.251 e. The average molecular weight is 567 g/mol. The van der Waals surface area contributed by atoms with Crippen LogP contribution in [-0.2, 0) is 25.0 Å². The largest absolute Gasteiger partial charge is 0.487 e. The van der Waals surface area contributed by atoms with Crippen LogP contribution in [0.15, 0.2) is 36.8 Å². The number of carbonyl (C=O) groups is 1. The van der Waals surface area contributed by atoms with E-state index < -0.39 is 6.10 Å². The number of ether oxygens (including phenoxy) is 1. The average Bonchev–Trinajstić information content (AvgIpc) is 3.42. The number of carbonyl (C=O) groups excluding carboxylic acids is 1. The van der Waals surface area contributed by atoms with Gasteiger partial charge in [-0.2, -0.15) is 5.10 Å². The van der Waals surface area contributed by atoms with Gasteiger partial charge in [-0.05, 0) is 54.4 Å². The third kappa shape index (κ3) is 6.59. The molecule has 9 nitrogen and oxygen atoms in total. The Labute approximate surface area is 240 Å². The van der Waals surface area contributed by atoms with Crippen molar-refractivity contribution in [3.05, 3.63) is 69.6 Å². The molecule has 1 amide bonds. The minimum absolute atomic E-state index is 0.168.